The fourth-order valence-electron chi connectivity index (χ4n) is 4.12. The normalized spacial score (nSPS) is 18.5. The quantitative estimate of drug-likeness (QED) is 0.243. The summed E-state index contributed by atoms with van der Waals surface area (Å²) in [5.74, 6) is 2.96. The summed E-state index contributed by atoms with van der Waals surface area (Å²) < 4.78 is 0. The number of amides is 1. The fourth-order valence-corrected chi connectivity index (χ4v) is 6.06. The van der Waals surface area contributed by atoms with Crippen molar-refractivity contribution in [1.82, 2.24) is 15.1 Å². The standard InChI is InChI=1S/C23H30N4OS2.HI/c1-24-23(27-12-8-18(15-27)17-30-20-5-3-2-4-6-20)25-11-7-22(28)26-13-9-21-19(16-26)10-14-29-21;/h2-6,10,14,18H,7-9,11-13,15-17H2,1H3,(H,24,25);1H. The van der Waals surface area contributed by atoms with E-state index in [1.54, 1.807) is 0 Å². The van der Waals surface area contributed by atoms with Crippen LogP contribution in [0.15, 0.2) is 51.7 Å². The molecule has 168 valence electrons. The highest BCUT2D eigenvalue weighted by Crippen LogP contribution is 2.26. The molecule has 1 unspecified atom stereocenters. The van der Waals surface area contributed by atoms with E-state index in [0.717, 1.165) is 44.3 Å². The number of nitrogens with zero attached hydrogens (tertiary/aromatic N) is 3. The molecule has 8 heteroatoms. The van der Waals surface area contributed by atoms with Crippen molar-refractivity contribution in [3.05, 3.63) is 52.2 Å². The lowest BCUT2D eigenvalue weighted by molar-refractivity contribution is -0.131. The predicted molar refractivity (Wildman–Crippen MR) is 142 cm³/mol. The van der Waals surface area contributed by atoms with Crippen LogP contribution >= 0.6 is 47.1 Å². The van der Waals surface area contributed by atoms with Crippen molar-refractivity contribution >= 4 is 58.9 Å². The van der Waals surface area contributed by atoms with Crippen molar-refractivity contribution < 1.29 is 4.79 Å². The van der Waals surface area contributed by atoms with Gasteiger partial charge in [0, 0.05) is 61.7 Å². The summed E-state index contributed by atoms with van der Waals surface area (Å²) in [6.45, 7) is 4.30. The average molecular weight is 571 g/mol. The third-order valence-electron chi connectivity index (χ3n) is 5.81. The van der Waals surface area contributed by atoms with E-state index >= 15 is 0 Å². The molecular weight excluding hydrogens is 539 g/mol. The molecule has 1 saturated heterocycles. The Morgan fingerprint density at radius 2 is 2.06 bits per heavy atom. The molecule has 0 aliphatic carbocycles. The van der Waals surface area contributed by atoms with Gasteiger partial charge in [-0.3, -0.25) is 9.79 Å². The number of thioether (sulfide) groups is 1. The van der Waals surface area contributed by atoms with Crippen molar-refractivity contribution in [1.29, 1.82) is 0 Å². The van der Waals surface area contributed by atoms with Gasteiger partial charge in [-0.15, -0.1) is 47.1 Å². The Balaban J connectivity index is 0.00000272. The van der Waals surface area contributed by atoms with E-state index in [0.29, 0.717) is 18.9 Å². The largest absolute Gasteiger partial charge is 0.356 e. The molecular formula is C23H31IN4OS2. The smallest absolute Gasteiger partial charge is 0.224 e. The maximum Gasteiger partial charge on any atom is 0.224 e. The van der Waals surface area contributed by atoms with Crippen LogP contribution in [0.4, 0.5) is 0 Å². The van der Waals surface area contributed by atoms with Gasteiger partial charge in [-0.05, 0) is 47.9 Å². The molecule has 1 aromatic heterocycles. The van der Waals surface area contributed by atoms with Gasteiger partial charge in [0.05, 0.1) is 0 Å². The lowest BCUT2D eigenvalue weighted by Gasteiger charge is -2.27. The Morgan fingerprint density at radius 3 is 2.87 bits per heavy atom. The van der Waals surface area contributed by atoms with Crippen LogP contribution < -0.4 is 5.32 Å². The van der Waals surface area contributed by atoms with Gasteiger partial charge in [-0.25, -0.2) is 0 Å². The number of hydrogen-bond donors (Lipinski definition) is 1. The molecule has 4 rings (SSSR count). The zero-order valence-corrected chi connectivity index (χ0v) is 21.9. The predicted octanol–water partition coefficient (Wildman–Crippen LogP) is 4.33. The van der Waals surface area contributed by atoms with Crippen LogP contribution in [-0.2, 0) is 17.8 Å². The van der Waals surface area contributed by atoms with Crippen LogP contribution in [0.25, 0.3) is 0 Å². The maximum atomic E-state index is 12.6. The first-order valence-corrected chi connectivity index (χ1v) is 12.6. The van der Waals surface area contributed by atoms with Crippen LogP contribution in [0.3, 0.4) is 0 Å². The number of thiophene rings is 1. The number of carbonyl (C=O) groups excluding carboxylic acids is 1. The lowest BCUT2D eigenvalue weighted by atomic mass is 10.1. The number of guanidine groups is 1. The summed E-state index contributed by atoms with van der Waals surface area (Å²) in [7, 11) is 1.83. The van der Waals surface area contributed by atoms with Crippen molar-refractivity contribution in [2.24, 2.45) is 10.9 Å². The van der Waals surface area contributed by atoms with Gasteiger partial charge < -0.3 is 15.1 Å². The molecule has 1 amide bonds. The molecule has 1 aromatic carbocycles. The summed E-state index contributed by atoms with van der Waals surface area (Å²) in [6.07, 6.45) is 2.69. The topological polar surface area (TPSA) is 47.9 Å². The molecule has 2 aromatic rings. The fraction of sp³-hybridized carbons (Fsp3) is 0.478. The highest BCUT2D eigenvalue weighted by Gasteiger charge is 2.25. The zero-order valence-electron chi connectivity index (χ0n) is 18.0. The SMILES string of the molecule is CN=C(NCCC(=O)N1CCc2sccc2C1)N1CCC(CSc2ccccc2)C1.I. The van der Waals surface area contributed by atoms with E-state index in [-0.39, 0.29) is 29.9 Å². The molecule has 1 atom stereocenters. The first-order chi connectivity index (χ1) is 14.7. The molecule has 0 spiro atoms. The second kappa shape index (κ2) is 12.1. The Hall–Kier alpha value is -1.26. The zero-order chi connectivity index (χ0) is 20.8. The van der Waals surface area contributed by atoms with Gasteiger partial charge in [-0.2, -0.15) is 0 Å². The lowest BCUT2D eigenvalue weighted by Crippen LogP contribution is -2.42. The van der Waals surface area contributed by atoms with Crippen LogP contribution in [-0.4, -0.2) is 60.6 Å². The van der Waals surface area contributed by atoms with Crippen LogP contribution in [0.5, 0.6) is 0 Å². The number of likely N-dealkylation sites (tertiary alicyclic amines) is 1. The summed E-state index contributed by atoms with van der Waals surface area (Å²) in [5, 5.41) is 5.54. The van der Waals surface area contributed by atoms with E-state index in [1.165, 1.54) is 21.8 Å². The van der Waals surface area contributed by atoms with Crippen LogP contribution in [0.2, 0.25) is 0 Å². The highest BCUT2D eigenvalue weighted by atomic mass is 127. The van der Waals surface area contributed by atoms with E-state index in [4.69, 9.17) is 0 Å². The summed E-state index contributed by atoms with van der Waals surface area (Å²) in [5.41, 5.74) is 1.32. The first kappa shape index (κ1) is 24.4. The van der Waals surface area contributed by atoms with Gasteiger partial charge in [0.15, 0.2) is 5.96 Å². The van der Waals surface area contributed by atoms with Crippen LogP contribution in [0.1, 0.15) is 23.3 Å². The van der Waals surface area contributed by atoms with Crippen molar-refractivity contribution in [3.8, 4) is 0 Å². The van der Waals surface area contributed by atoms with Gasteiger partial charge in [-0.1, -0.05) is 18.2 Å². The van der Waals surface area contributed by atoms with Crippen molar-refractivity contribution in [2.75, 3.05) is 39.0 Å². The third kappa shape index (κ3) is 6.61. The minimum absolute atomic E-state index is 0. The van der Waals surface area contributed by atoms with Gasteiger partial charge in [0.2, 0.25) is 5.91 Å². The van der Waals surface area contributed by atoms with Crippen molar-refractivity contribution in [3.63, 3.8) is 0 Å². The Labute approximate surface area is 210 Å². The Kier molecular flexibility index (Phi) is 9.52. The van der Waals surface area contributed by atoms with E-state index in [2.05, 4.69) is 57.0 Å². The first-order valence-electron chi connectivity index (χ1n) is 10.7. The number of fused-ring (bicyclic) bond motifs is 1. The minimum atomic E-state index is 0. The molecule has 0 radical (unpaired) electrons. The summed E-state index contributed by atoms with van der Waals surface area (Å²) >= 11 is 3.74. The van der Waals surface area contributed by atoms with E-state index < -0.39 is 0 Å². The molecule has 1 N–H and O–H groups in total. The van der Waals surface area contributed by atoms with Crippen molar-refractivity contribution in [2.45, 2.75) is 30.7 Å². The summed E-state index contributed by atoms with van der Waals surface area (Å²) in [4.78, 5) is 24.2. The molecule has 2 aliphatic heterocycles. The van der Waals surface area contributed by atoms with Crippen LogP contribution in [0, 0.1) is 5.92 Å². The Morgan fingerprint density at radius 1 is 1.23 bits per heavy atom. The monoisotopic (exact) mass is 570 g/mol. The second-order valence-electron chi connectivity index (χ2n) is 7.88. The molecule has 0 bridgehead atoms. The second-order valence-corrected chi connectivity index (χ2v) is 9.98. The molecule has 31 heavy (non-hydrogen) atoms. The summed E-state index contributed by atoms with van der Waals surface area (Å²) in [6, 6.07) is 12.8. The van der Waals surface area contributed by atoms with Gasteiger partial charge in [0.25, 0.3) is 0 Å². The molecule has 1 fully saturated rings. The van der Waals surface area contributed by atoms with E-state index in [1.807, 2.05) is 35.0 Å². The number of halogens is 1. The third-order valence-corrected chi connectivity index (χ3v) is 8.08. The number of rotatable bonds is 6. The number of nitrogens with one attached hydrogen (secondary N) is 1. The highest BCUT2D eigenvalue weighted by molar-refractivity contribution is 14.0. The maximum absolute atomic E-state index is 12.6. The average Bonchev–Trinajstić information content (AvgIpc) is 3.45. The minimum Gasteiger partial charge on any atom is -0.356 e. The van der Waals surface area contributed by atoms with E-state index in [9.17, 15) is 4.79 Å². The molecule has 5 nitrogen and oxygen atoms in total. The van der Waals surface area contributed by atoms with Gasteiger partial charge in [0.1, 0.15) is 0 Å². The molecule has 0 saturated carbocycles. The molecule has 2 aliphatic rings. The Bertz CT molecular complexity index is 873. The number of carbonyl (C=O) groups is 1. The number of benzene rings is 1. The number of aliphatic imine (C=N–C) groups is 1. The molecule has 3 heterocycles. The van der Waals surface area contributed by atoms with Gasteiger partial charge >= 0.3 is 0 Å². The number of hydrogen-bond acceptors (Lipinski definition) is 4.